The normalized spacial score (nSPS) is 12.9. The fraction of sp³-hybridized carbons (Fsp3) is 0.294. The standard InChI is InChI=1S/C17H18ClN3OS/c1-3-21(10-12-8-9-15(18)23-12)11(2)16-19-14-7-5-4-6-13(14)17(22)20-16/h4-9,11H,3,10H2,1-2H3,(H,19,20,22)/t11-/m0/s1. The Labute approximate surface area is 143 Å². The van der Waals surface area contributed by atoms with E-state index in [1.807, 2.05) is 30.3 Å². The van der Waals surface area contributed by atoms with Crippen molar-refractivity contribution >= 4 is 33.8 Å². The predicted octanol–water partition coefficient (Wildman–Crippen LogP) is 4.22. The van der Waals surface area contributed by atoms with Gasteiger partial charge in [0.15, 0.2) is 0 Å². The molecule has 1 N–H and O–H groups in total. The summed E-state index contributed by atoms with van der Waals surface area (Å²) in [5.74, 6) is 0.693. The molecule has 23 heavy (non-hydrogen) atoms. The zero-order valence-corrected chi connectivity index (χ0v) is 14.6. The zero-order chi connectivity index (χ0) is 16.4. The van der Waals surface area contributed by atoms with Gasteiger partial charge in [-0.15, -0.1) is 11.3 Å². The lowest BCUT2D eigenvalue weighted by molar-refractivity contribution is 0.207. The molecule has 0 fully saturated rings. The number of nitrogens with one attached hydrogen (secondary N) is 1. The molecule has 0 amide bonds. The molecular weight excluding hydrogens is 330 g/mol. The summed E-state index contributed by atoms with van der Waals surface area (Å²) in [6.45, 7) is 5.80. The summed E-state index contributed by atoms with van der Waals surface area (Å²) >= 11 is 7.59. The Bertz CT molecular complexity index is 873. The summed E-state index contributed by atoms with van der Waals surface area (Å²) < 4.78 is 0.793. The lowest BCUT2D eigenvalue weighted by Gasteiger charge is -2.26. The molecular formula is C17H18ClN3OS. The number of thiophene rings is 1. The van der Waals surface area contributed by atoms with Crippen LogP contribution in [0.3, 0.4) is 0 Å². The molecule has 0 aliphatic heterocycles. The van der Waals surface area contributed by atoms with Gasteiger partial charge >= 0.3 is 0 Å². The summed E-state index contributed by atoms with van der Waals surface area (Å²) in [6.07, 6.45) is 0. The summed E-state index contributed by atoms with van der Waals surface area (Å²) in [4.78, 5) is 23.3. The fourth-order valence-electron chi connectivity index (χ4n) is 2.63. The van der Waals surface area contributed by atoms with E-state index in [1.165, 1.54) is 4.88 Å². The second-order valence-electron chi connectivity index (χ2n) is 5.41. The molecule has 2 aromatic heterocycles. The van der Waals surface area contributed by atoms with Crippen LogP contribution in [-0.2, 0) is 6.54 Å². The SMILES string of the molecule is CCN(Cc1ccc(Cl)s1)[C@@H](C)c1nc2ccccc2c(=O)[nH]1. The smallest absolute Gasteiger partial charge is 0.258 e. The Morgan fingerprint density at radius 3 is 2.78 bits per heavy atom. The number of benzene rings is 1. The Balaban J connectivity index is 1.91. The van der Waals surface area contributed by atoms with Gasteiger partial charge in [0.2, 0.25) is 0 Å². The highest BCUT2D eigenvalue weighted by atomic mass is 35.5. The molecule has 0 spiro atoms. The third-order valence-electron chi connectivity index (χ3n) is 3.97. The highest BCUT2D eigenvalue weighted by Crippen LogP contribution is 2.26. The maximum absolute atomic E-state index is 12.2. The molecule has 0 aliphatic rings. The van der Waals surface area contributed by atoms with E-state index in [9.17, 15) is 4.79 Å². The second-order valence-corrected chi connectivity index (χ2v) is 7.21. The fourth-order valence-corrected chi connectivity index (χ4v) is 3.75. The lowest BCUT2D eigenvalue weighted by Crippen LogP contribution is -2.29. The summed E-state index contributed by atoms with van der Waals surface area (Å²) in [5.41, 5.74) is 0.640. The minimum absolute atomic E-state index is 0.0122. The first-order valence-electron chi connectivity index (χ1n) is 7.55. The van der Waals surface area contributed by atoms with Crippen LogP contribution < -0.4 is 5.56 Å². The Morgan fingerprint density at radius 2 is 2.09 bits per heavy atom. The summed E-state index contributed by atoms with van der Waals surface area (Å²) in [7, 11) is 0. The Hall–Kier alpha value is -1.69. The maximum Gasteiger partial charge on any atom is 0.258 e. The van der Waals surface area contributed by atoms with Crippen molar-refractivity contribution < 1.29 is 0 Å². The van der Waals surface area contributed by atoms with Crippen molar-refractivity contribution in [3.8, 4) is 0 Å². The van der Waals surface area contributed by atoms with Crippen molar-refractivity contribution in [2.24, 2.45) is 0 Å². The quantitative estimate of drug-likeness (QED) is 0.751. The van der Waals surface area contributed by atoms with E-state index in [0.29, 0.717) is 11.2 Å². The van der Waals surface area contributed by atoms with Crippen molar-refractivity contribution in [3.05, 3.63) is 61.8 Å². The summed E-state index contributed by atoms with van der Waals surface area (Å²) in [5, 5.41) is 0.622. The van der Waals surface area contributed by atoms with Gasteiger partial charge in [-0.1, -0.05) is 30.7 Å². The van der Waals surface area contributed by atoms with Crippen LogP contribution in [-0.4, -0.2) is 21.4 Å². The van der Waals surface area contributed by atoms with Gasteiger partial charge in [-0.05, 0) is 37.7 Å². The number of aromatic nitrogens is 2. The first-order valence-corrected chi connectivity index (χ1v) is 8.75. The van der Waals surface area contributed by atoms with E-state index < -0.39 is 0 Å². The number of H-pyrrole nitrogens is 1. The predicted molar refractivity (Wildman–Crippen MR) is 96.2 cm³/mol. The molecule has 0 bridgehead atoms. The van der Waals surface area contributed by atoms with Crippen LogP contribution in [0.25, 0.3) is 10.9 Å². The summed E-state index contributed by atoms with van der Waals surface area (Å²) in [6, 6.07) is 11.4. The number of rotatable bonds is 5. The molecule has 0 saturated carbocycles. The van der Waals surface area contributed by atoms with E-state index in [2.05, 4.69) is 28.7 Å². The molecule has 120 valence electrons. The van der Waals surface area contributed by atoms with Gasteiger partial charge in [-0.2, -0.15) is 0 Å². The Morgan fingerprint density at radius 1 is 1.30 bits per heavy atom. The maximum atomic E-state index is 12.2. The van der Waals surface area contributed by atoms with E-state index in [-0.39, 0.29) is 11.6 Å². The molecule has 0 unspecified atom stereocenters. The largest absolute Gasteiger partial charge is 0.309 e. The molecule has 2 heterocycles. The van der Waals surface area contributed by atoms with Gasteiger partial charge in [0.25, 0.3) is 5.56 Å². The number of hydrogen-bond donors (Lipinski definition) is 1. The topological polar surface area (TPSA) is 49.0 Å². The molecule has 1 aromatic carbocycles. The van der Waals surface area contributed by atoms with Gasteiger partial charge in [-0.3, -0.25) is 9.69 Å². The number of nitrogens with zero attached hydrogens (tertiary/aromatic N) is 2. The highest BCUT2D eigenvalue weighted by molar-refractivity contribution is 7.16. The third kappa shape index (κ3) is 3.47. The minimum atomic E-state index is -0.0901. The van der Waals surface area contributed by atoms with Crippen molar-refractivity contribution in [3.63, 3.8) is 0 Å². The van der Waals surface area contributed by atoms with Crippen LogP contribution in [0.4, 0.5) is 0 Å². The molecule has 0 saturated heterocycles. The van der Waals surface area contributed by atoms with Crippen molar-refractivity contribution in [1.29, 1.82) is 0 Å². The van der Waals surface area contributed by atoms with E-state index >= 15 is 0 Å². The lowest BCUT2D eigenvalue weighted by atomic mass is 10.2. The monoisotopic (exact) mass is 347 g/mol. The van der Waals surface area contributed by atoms with E-state index in [4.69, 9.17) is 11.6 Å². The number of para-hydroxylation sites is 1. The van der Waals surface area contributed by atoms with Gasteiger partial charge < -0.3 is 4.98 Å². The number of halogens is 1. The average molecular weight is 348 g/mol. The molecule has 0 radical (unpaired) electrons. The van der Waals surface area contributed by atoms with Crippen molar-refractivity contribution in [2.75, 3.05) is 6.54 Å². The van der Waals surface area contributed by atoms with Crippen LogP contribution in [0.1, 0.15) is 30.6 Å². The molecule has 6 heteroatoms. The second kappa shape index (κ2) is 6.83. The third-order valence-corrected chi connectivity index (χ3v) is 5.18. The number of fused-ring (bicyclic) bond motifs is 1. The number of hydrogen-bond acceptors (Lipinski definition) is 4. The van der Waals surface area contributed by atoms with Gasteiger partial charge in [0.1, 0.15) is 5.82 Å². The van der Waals surface area contributed by atoms with Gasteiger partial charge in [-0.25, -0.2) is 4.98 Å². The van der Waals surface area contributed by atoms with Gasteiger partial charge in [0, 0.05) is 11.4 Å². The minimum Gasteiger partial charge on any atom is -0.309 e. The van der Waals surface area contributed by atoms with Crippen molar-refractivity contribution in [1.82, 2.24) is 14.9 Å². The Kier molecular flexibility index (Phi) is 4.80. The van der Waals surface area contributed by atoms with E-state index in [1.54, 1.807) is 17.4 Å². The van der Waals surface area contributed by atoms with Crippen LogP contribution in [0.5, 0.6) is 0 Å². The molecule has 4 nitrogen and oxygen atoms in total. The average Bonchev–Trinajstić information content (AvgIpc) is 2.97. The first-order chi connectivity index (χ1) is 11.1. The van der Waals surface area contributed by atoms with Crippen LogP contribution in [0, 0.1) is 0 Å². The molecule has 0 aliphatic carbocycles. The zero-order valence-electron chi connectivity index (χ0n) is 13.0. The first kappa shape index (κ1) is 16.2. The van der Waals surface area contributed by atoms with E-state index in [0.717, 1.165) is 22.9 Å². The van der Waals surface area contributed by atoms with Gasteiger partial charge in [0.05, 0.1) is 21.3 Å². The molecule has 1 atom stereocenters. The highest BCUT2D eigenvalue weighted by Gasteiger charge is 2.18. The molecule has 3 aromatic rings. The van der Waals surface area contributed by atoms with Crippen LogP contribution >= 0.6 is 22.9 Å². The van der Waals surface area contributed by atoms with Crippen molar-refractivity contribution in [2.45, 2.75) is 26.4 Å². The molecule has 3 rings (SSSR count). The van der Waals surface area contributed by atoms with Crippen LogP contribution in [0.2, 0.25) is 4.34 Å². The van der Waals surface area contributed by atoms with Crippen LogP contribution in [0.15, 0.2) is 41.2 Å². The number of aromatic amines is 1.